The van der Waals surface area contributed by atoms with Crippen molar-refractivity contribution >= 4 is 29.0 Å². The van der Waals surface area contributed by atoms with Gasteiger partial charge in [0.1, 0.15) is 22.3 Å². The summed E-state index contributed by atoms with van der Waals surface area (Å²) in [5.41, 5.74) is 1.80. The van der Waals surface area contributed by atoms with Gasteiger partial charge in [-0.1, -0.05) is 23.7 Å². The summed E-state index contributed by atoms with van der Waals surface area (Å²) in [5, 5.41) is 14.7. The quantitative estimate of drug-likeness (QED) is 0.582. The van der Waals surface area contributed by atoms with Crippen molar-refractivity contribution in [3.63, 3.8) is 0 Å². The van der Waals surface area contributed by atoms with Crippen molar-refractivity contribution in [2.24, 2.45) is 0 Å². The van der Waals surface area contributed by atoms with E-state index < -0.39 is 5.56 Å². The van der Waals surface area contributed by atoms with Gasteiger partial charge in [0, 0.05) is 16.7 Å². The van der Waals surface area contributed by atoms with Crippen LogP contribution in [0.15, 0.2) is 40.2 Å². The molecule has 7 heteroatoms. The summed E-state index contributed by atoms with van der Waals surface area (Å²) in [5.74, 6) is 0. The van der Waals surface area contributed by atoms with Gasteiger partial charge in [-0.15, -0.1) is 11.8 Å². The lowest BCUT2D eigenvalue weighted by Gasteiger charge is -2.02. The fourth-order valence-corrected chi connectivity index (χ4v) is 2.84. The summed E-state index contributed by atoms with van der Waals surface area (Å²) in [6, 6.07) is 11.0. The first kappa shape index (κ1) is 13.7. The third-order valence-corrected chi connectivity index (χ3v) is 4.05. The highest BCUT2D eigenvalue weighted by atomic mass is 35.5. The topological polar surface area (TPSA) is 73.9 Å². The molecule has 0 spiro atoms. The number of nitrogens with zero attached hydrogens (tertiary/aromatic N) is 3. The van der Waals surface area contributed by atoms with E-state index in [4.69, 9.17) is 16.9 Å². The molecule has 0 aliphatic rings. The molecule has 0 radical (unpaired) electrons. The molecule has 2 aromatic heterocycles. The van der Waals surface area contributed by atoms with Gasteiger partial charge in [-0.25, -0.2) is 4.52 Å². The number of nitriles is 1. The minimum absolute atomic E-state index is 0.0701. The SMILES string of the molecule is CSc1c(C#N)c(=O)[nH]c2cc(-c3ccc(Cl)cc3)nn12. The van der Waals surface area contributed by atoms with Crippen LogP contribution in [0.5, 0.6) is 0 Å². The third-order valence-electron chi connectivity index (χ3n) is 3.03. The molecule has 0 fully saturated rings. The third kappa shape index (κ3) is 2.31. The number of hydrogen-bond acceptors (Lipinski definition) is 4. The van der Waals surface area contributed by atoms with Gasteiger partial charge in [0.15, 0.2) is 0 Å². The summed E-state index contributed by atoms with van der Waals surface area (Å²) in [7, 11) is 0. The highest BCUT2D eigenvalue weighted by Gasteiger charge is 2.14. The first-order valence-corrected chi connectivity index (χ1v) is 7.60. The van der Waals surface area contributed by atoms with Gasteiger partial charge in [-0.2, -0.15) is 10.4 Å². The van der Waals surface area contributed by atoms with Crippen LogP contribution < -0.4 is 5.56 Å². The zero-order chi connectivity index (χ0) is 15.0. The summed E-state index contributed by atoms with van der Waals surface area (Å²) in [6.45, 7) is 0. The average Bonchev–Trinajstić information content (AvgIpc) is 2.89. The number of aromatic nitrogens is 3. The van der Waals surface area contributed by atoms with E-state index in [1.807, 2.05) is 18.2 Å². The lowest BCUT2D eigenvalue weighted by Crippen LogP contribution is -2.15. The Labute approximate surface area is 129 Å². The summed E-state index contributed by atoms with van der Waals surface area (Å²) >= 11 is 7.18. The first-order valence-electron chi connectivity index (χ1n) is 6.00. The van der Waals surface area contributed by atoms with Crippen LogP contribution in [-0.2, 0) is 0 Å². The molecule has 1 N–H and O–H groups in total. The Morgan fingerprint density at radius 1 is 1.38 bits per heavy atom. The maximum absolute atomic E-state index is 11.9. The van der Waals surface area contributed by atoms with Crippen LogP contribution in [0.4, 0.5) is 0 Å². The van der Waals surface area contributed by atoms with Crippen LogP contribution in [0.2, 0.25) is 5.02 Å². The number of fused-ring (bicyclic) bond motifs is 1. The van der Waals surface area contributed by atoms with Crippen LogP contribution in [0, 0.1) is 11.3 Å². The zero-order valence-corrected chi connectivity index (χ0v) is 12.5. The van der Waals surface area contributed by atoms with Crippen molar-refractivity contribution in [3.05, 3.63) is 51.3 Å². The molecule has 1 aromatic carbocycles. The molecule has 3 aromatic rings. The highest BCUT2D eigenvalue weighted by Crippen LogP contribution is 2.24. The van der Waals surface area contributed by atoms with Gasteiger partial charge in [-0.05, 0) is 18.4 Å². The summed E-state index contributed by atoms with van der Waals surface area (Å²) < 4.78 is 1.58. The Morgan fingerprint density at radius 2 is 2.10 bits per heavy atom. The largest absolute Gasteiger partial charge is 0.306 e. The zero-order valence-electron chi connectivity index (χ0n) is 10.9. The minimum atomic E-state index is -0.406. The van der Waals surface area contributed by atoms with Crippen molar-refractivity contribution in [1.29, 1.82) is 5.26 Å². The molecule has 21 heavy (non-hydrogen) atoms. The summed E-state index contributed by atoms with van der Waals surface area (Å²) in [6.07, 6.45) is 1.80. The molecule has 3 rings (SSSR count). The van der Waals surface area contributed by atoms with Gasteiger partial charge >= 0.3 is 0 Å². The monoisotopic (exact) mass is 316 g/mol. The Kier molecular flexibility index (Phi) is 3.45. The number of benzene rings is 1. The van der Waals surface area contributed by atoms with Crippen LogP contribution in [0.25, 0.3) is 16.9 Å². The molecule has 0 unspecified atom stereocenters. The molecule has 0 aliphatic carbocycles. The molecular weight excluding hydrogens is 308 g/mol. The fraction of sp³-hybridized carbons (Fsp3) is 0.0714. The number of H-pyrrole nitrogens is 1. The minimum Gasteiger partial charge on any atom is -0.306 e. The number of halogens is 1. The second-order valence-corrected chi connectivity index (χ2v) is 5.52. The Balaban J connectivity index is 2.28. The lowest BCUT2D eigenvalue weighted by molar-refractivity contribution is 0.831. The van der Waals surface area contributed by atoms with Crippen molar-refractivity contribution in [2.75, 3.05) is 6.26 Å². The first-order chi connectivity index (χ1) is 10.1. The van der Waals surface area contributed by atoms with Crippen molar-refractivity contribution < 1.29 is 0 Å². The van der Waals surface area contributed by atoms with E-state index in [1.165, 1.54) is 11.8 Å². The molecule has 0 amide bonds. The summed E-state index contributed by atoms with van der Waals surface area (Å²) in [4.78, 5) is 14.6. The Bertz CT molecular complexity index is 921. The molecule has 0 aliphatic heterocycles. The normalized spacial score (nSPS) is 10.7. The van der Waals surface area contributed by atoms with E-state index in [9.17, 15) is 4.79 Å². The smallest absolute Gasteiger partial charge is 0.270 e. The Hall–Kier alpha value is -2.23. The maximum Gasteiger partial charge on any atom is 0.270 e. The van der Waals surface area contributed by atoms with E-state index in [2.05, 4.69) is 10.1 Å². The maximum atomic E-state index is 11.9. The van der Waals surface area contributed by atoms with Crippen LogP contribution >= 0.6 is 23.4 Å². The molecule has 2 heterocycles. The molecule has 0 saturated carbocycles. The number of hydrogen-bond donors (Lipinski definition) is 1. The molecule has 0 saturated heterocycles. The van der Waals surface area contributed by atoms with Gasteiger partial charge in [-0.3, -0.25) is 4.79 Å². The average molecular weight is 317 g/mol. The van der Waals surface area contributed by atoms with E-state index in [0.29, 0.717) is 21.4 Å². The highest BCUT2D eigenvalue weighted by molar-refractivity contribution is 7.98. The molecule has 0 bridgehead atoms. The predicted molar refractivity (Wildman–Crippen MR) is 82.8 cm³/mol. The molecule has 104 valence electrons. The second kappa shape index (κ2) is 5.28. The fourth-order valence-electron chi connectivity index (χ4n) is 2.06. The molecular formula is C14H9ClN4OS. The number of aromatic amines is 1. The van der Waals surface area contributed by atoms with Crippen molar-refractivity contribution in [2.45, 2.75) is 5.03 Å². The van der Waals surface area contributed by atoms with Crippen molar-refractivity contribution in [1.82, 2.24) is 14.6 Å². The van der Waals surface area contributed by atoms with Gasteiger partial charge in [0.05, 0.1) is 5.69 Å². The van der Waals surface area contributed by atoms with E-state index in [1.54, 1.807) is 29.0 Å². The second-order valence-electron chi connectivity index (χ2n) is 4.28. The number of nitrogens with one attached hydrogen (secondary N) is 1. The predicted octanol–water partition coefficient (Wildman–Crippen LogP) is 2.94. The Morgan fingerprint density at radius 3 is 2.71 bits per heavy atom. The van der Waals surface area contributed by atoms with Gasteiger partial charge in [0.25, 0.3) is 5.56 Å². The van der Waals surface area contributed by atoms with E-state index >= 15 is 0 Å². The van der Waals surface area contributed by atoms with Crippen LogP contribution in [0.1, 0.15) is 5.56 Å². The van der Waals surface area contributed by atoms with Crippen molar-refractivity contribution in [3.8, 4) is 17.3 Å². The van der Waals surface area contributed by atoms with Crippen LogP contribution in [-0.4, -0.2) is 20.9 Å². The standard InChI is InChI=1S/C14H9ClN4OS/c1-21-14-10(7-16)13(20)17-12-6-11(18-19(12)14)8-2-4-9(15)5-3-8/h2-6H,1H3,(H,17,20). The van der Waals surface area contributed by atoms with Gasteiger partial charge < -0.3 is 4.98 Å². The van der Waals surface area contributed by atoms with Gasteiger partial charge in [0.2, 0.25) is 0 Å². The molecule has 5 nitrogen and oxygen atoms in total. The number of rotatable bonds is 2. The van der Waals surface area contributed by atoms with E-state index in [-0.39, 0.29) is 5.56 Å². The molecule has 0 atom stereocenters. The van der Waals surface area contributed by atoms with E-state index in [0.717, 1.165) is 5.56 Å². The lowest BCUT2D eigenvalue weighted by atomic mass is 10.2. The van der Waals surface area contributed by atoms with Crippen LogP contribution in [0.3, 0.4) is 0 Å². The number of thioether (sulfide) groups is 1.